The minimum Gasteiger partial charge on any atom is -0.394 e. The average molecular weight is 776 g/mol. The Labute approximate surface area is 315 Å². The molecule has 0 aromatic rings. The molecule has 1 rings (SSSR count). The minimum absolute atomic E-state index is 0.119. The molecule has 19 heteroatoms. The number of carbonyl (C=O) groups excluding carboxylic acids is 6. The van der Waals surface area contributed by atoms with Crippen molar-refractivity contribution in [3.63, 3.8) is 0 Å². The summed E-state index contributed by atoms with van der Waals surface area (Å²) in [5.74, 6) is -2.26. The van der Waals surface area contributed by atoms with Gasteiger partial charge in [-0.15, -0.1) is 0 Å². The number of nitrogens with zero attached hydrogens (tertiary/aromatic N) is 1. The molecule has 0 aliphatic heterocycles. The molecule has 1 saturated carbocycles. The van der Waals surface area contributed by atoms with Crippen molar-refractivity contribution in [2.45, 2.75) is 114 Å². The number of rotatable bonds is 25. The van der Waals surface area contributed by atoms with Crippen LogP contribution in [0.25, 0.3) is 0 Å². The summed E-state index contributed by atoms with van der Waals surface area (Å²) < 4.78 is 0. The number of carbonyl (C=O) groups is 6. The van der Waals surface area contributed by atoms with Crippen LogP contribution in [0.5, 0.6) is 0 Å². The number of aliphatic hydroxyl groups is 2. The van der Waals surface area contributed by atoms with Gasteiger partial charge < -0.3 is 53.6 Å². The second-order valence-electron chi connectivity index (χ2n) is 13.0. The van der Waals surface area contributed by atoms with Crippen LogP contribution in [0.3, 0.4) is 0 Å². The number of hydrogen-bond donors (Lipinski definition) is 10. The first-order valence-corrected chi connectivity index (χ1v) is 20.6. The minimum atomic E-state index is -1.09. The zero-order chi connectivity index (χ0) is 39.1. The lowest BCUT2D eigenvalue weighted by atomic mass is 9.84. The summed E-state index contributed by atoms with van der Waals surface area (Å²) in [5.41, 5.74) is 10.9. The molecule has 298 valence electrons. The van der Waals surface area contributed by atoms with Gasteiger partial charge in [-0.25, -0.2) is 0 Å². The first kappa shape index (κ1) is 46.7. The lowest BCUT2D eigenvalue weighted by Gasteiger charge is -2.29. The van der Waals surface area contributed by atoms with Crippen molar-refractivity contribution in [1.82, 2.24) is 31.9 Å². The van der Waals surface area contributed by atoms with Crippen molar-refractivity contribution in [3.8, 4) is 0 Å². The van der Waals surface area contributed by atoms with Gasteiger partial charge in [0.15, 0.2) is 5.96 Å². The highest BCUT2D eigenvalue weighted by Gasteiger charge is 2.32. The zero-order valence-electron chi connectivity index (χ0n) is 30.9. The summed E-state index contributed by atoms with van der Waals surface area (Å²) in [6, 6.07) is -6.01. The van der Waals surface area contributed by atoms with E-state index in [0.29, 0.717) is 24.3 Å². The lowest BCUT2D eigenvalue weighted by molar-refractivity contribution is -0.135. The van der Waals surface area contributed by atoms with Crippen molar-refractivity contribution >= 4 is 64.9 Å². The number of amides is 6. The van der Waals surface area contributed by atoms with Crippen molar-refractivity contribution in [2.75, 3.05) is 43.8 Å². The van der Waals surface area contributed by atoms with Gasteiger partial charge in [-0.05, 0) is 69.0 Å². The summed E-state index contributed by atoms with van der Waals surface area (Å²) in [4.78, 5) is 82.9. The lowest BCUT2D eigenvalue weighted by Crippen LogP contribution is -2.59. The predicted octanol–water partition coefficient (Wildman–Crippen LogP) is -1.55. The summed E-state index contributed by atoms with van der Waals surface area (Å²) in [7, 11) is 0. The monoisotopic (exact) mass is 775 g/mol. The molecule has 0 unspecified atom stereocenters. The number of thioether (sulfide) groups is 2. The molecule has 1 aliphatic rings. The number of guanidine groups is 1. The Morgan fingerprint density at radius 2 is 1.17 bits per heavy atom. The molecule has 0 heterocycles. The Balaban J connectivity index is 3.19. The number of aliphatic hydroxyl groups excluding tert-OH is 2. The van der Waals surface area contributed by atoms with E-state index < -0.39 is 79.0 Å². The van der Waals surface area contributed by atoms with E-state index in [1.54, 1.807) is 0 Å². The number of nitrogens with two attached hydrogens (primary N) is 2. The first-order chi connectivity index (χ1) is 24.8. The van der Waals surface area contributed by atoms with E-state index in [1.807, 2.05) is 12.5 Å². The molecule has 0 aromatic heterocycles. The van der Waals surface area contributed by atoms with Crippen molar-refractivity contribution < 1.29 is 39.0 Å². The molecule has 5 atom stereocenters. The maximum atomic E-state index is 13.8. The van der Waals surface area contributed by atoms with Crippen LogP contribution in [0.1, 0.15) is 78.1 Å². The van der Waals surface area contributed by atoms with Gasteiger partial charge in [0.25, 0.3) is 0 Å². The SMILES string of the molecule is CSCC[C@H](NC(=O)[C@H](CCSC)NC(=O)[C@H](CCCN=C(N)N)NC(=O)[C@H](CC1CCCCC1)NC(C)=O)C(=O)N[C@@H](C)C(=O)NC(CO)CO. The number of hydrogen-bond acceptors (Lipinski definition) is 11. The van der Waals surface area contributed by atoms with Crippen LogP contribution in [-0.2, 0) is 28.8 Å². The Morgan fingerprint density at radius 3 is 1.63 bits per heavy atom. The van der Waals surface area contributed by atoms with Crippen LogP contribution in [0.2, 0.25) is 0 Å². The maximum absolute atomic E-state index is 13.8. The highest BCUT2D eigenvalue weighted by molar-refractivity contribution is 7.98. The van der Waals surface area contributed by atoms with Crippen LogP contribution in [0.4, 0.5) is 0 Å². The molecule has 17 nitrogen and oxygen atoms in total. The van der Waals surface area contributed by atoms with E-state index >= 15 is 0 Å². The van der Waals surface area contributed by atoms with Gasteiger partial charge in [0.2, 0.25) is 35.4 Å². The smallest absolute Gasteiger partial charge is 0.243 e. The fraction of sp³-hybridized carbons (Fsp3) is 0.788. The normalized spacial score (nSPS) is 16.0. The van der Waals surface area contributed by atoms with Crippen LogP contribution < -0.4 is 43.4 Å². The molecule has 52 heavy (non-hydrogen) atoms. The predicted molar refractivity (Wildman–Crippen MR) is 204 cm³/mol. The van der Waals surface area contributed by atoms with Gasteiger partial charge in [-0.1, -0.05) is 32.1 Å². The van der Waals surface area contributed by atoms with Gasteiger partial charge in [0.1, 0.15) is 30.2 Å². The molecular weight excluding hydrogens is 715 g/mol. The molecule has 12 N–H and O–H groups in total. The fourth-order valence-corrected chi connectivity index (χ4v) is 6.63. The molecular formula is C33H61N9O8S2. The van der Waals surface area contributed by atoms with E-state index in [9.17, 15) is 39.0 Å². The van der Waals surface area contributed by atoms with Crippen molar-refractivity contribution in [3.05, 3.63) is 0 Å². The molecule has 0 radical (unpaired) electrons. The second-order valence-corrected chi connectivity index (χ2v) is 15.0. The second kappa shape index (κ2) is 26.5. The molecule has 1 fully saturated rings. The van der Waals surface area contributed by atoms with Crippen LogP contribution in [0.15, 0.2) is 4.99 Å². The summed E-state index contributed by atoms with van der Waals surface area (Å²) in [5, 5.41) is 34.5. The van der Waals surface area contributed by atoms with Gasteiger partial charge in [0, 0.05) is 13.5 Å². The van der Waals surface area contributed by atoms with Crippen LogP contribution in [0, 0.1) is 5.92 Å². The van der Waals surface area contributed by atoms with Crippen LogP contribution >= 0.6 is 23.5 Å². The van der Waals surface area contributed by atoms with Gasteiger partial charge in [0.05, 0.1) is 19.3 Å². The first-order valence-electron chi connectivity index (χ1n) is 17.8. The topological polar surface area (TPSA) is 279 Å². The quantitative estimate of drug-likeness (QED) is 0.0287. The Hall–Kier alpha value is -3.29. The Morgan fingerprint density at radius 1 is 0.692 bits per heavy atom. The maximum Gasteiger partial charge on any atom is 0.243 e. The van der Waals surface area contributed by atoms with Gasteiger partial charge in [-0.3, -0.25) is 33.8 Å². The van der Waals surface area contributed by atoms with E-state index in [0.717, 1.165) is 32.1 Å². The summed E-state index contributed by atoms with van der Waals surface area (Å²) in [6.45, 7) is 1.98. The Bertz CT molecular complexity index is 1170. The third-order valence-corrected chi connectivity index (χ3v) is 9.88. The van der Waals surface area contributed by atoms with E-state index in [1.165, 1.54) is 37.4 Å². The molecule has 0 aromatic carbocycles. The molecule has 0 bridgehead atoms. The third-order valence-electron chi connectivity index (χ3n) is 8.59. The standard InChI is InChI=1S/C33H61N9O8S2/c1-20(28(46)39-23(18-43)19-44)37-29(47)25(12-15-51-3)41-31(49)26(13-16-52-4)42-30(48)24(11-8-14-36-33(34)35)40-32(50)27(38-21(2)45)17-22-9-6-5-7-10-22/h20,22-27,43-44H,5-19H2,1-4H3,(H,37,47)(H,38,45)(H,39,46)(H,40,50)(H,41,49)(H,42,48)(H4,34,35,36)/t20-,24-,25-,26-,27-/m0/s1. The van der Waals surface area contributed by atoms with Crippen LogP contribution in [-0.4, -0.2) is 132 Å². The van der Waals surface area contributed by atoms with E-state index in [4.69, 9.17) is 11.5 Å². The highest BCUT2D eigenvalue weighted by atomic mass is 32.2. The molecule has 1 aliphatic carbocycles. The molecule has 0 saturated heterocycles. The highest BCUT2D eigenvalue weighted by Crippen LogP contribution is 2.27. The summed E-state index contributed by atoms with van der Waals surface area (Å²) in [6.07, 6.45) is 10.2. The average Bonchev–Trinajstić information content (AvgIpc) is 3.11. The van der Waals surface area contributed by atoms with Crippen molar-refractivity contribution in [1.29, 1.82) is 0 Å². The molecule has 0 spiro atoms. The van der Waals surface area contributed by atoms with Gasteiger partial charge >= 0.3 is 0 Å². The third kappa shape index (κ3) is 19.0. The zero-order valence-corrected chi connectivity index (χ0v) is 32.5. The largest absolute Gasteiger partial charge is 0.394 e. The molecule has 6 amide bonds. The summed E-state index contributed by atoms with van der Waals surface area (Å²) >= 11 is 2.91. The fourth-order valence-electron chi connectivity index (χ4n) is 5.69. The Kier molecular flexibility index (Phi) is 23.8. The number of aliphatic imine (C=N–C) groups is 1. The van der Waals surface area contributed by atoms with E-state index in [-0.39, 0.29) is 43.6 Å². The van der Waals surface area contributed by atoms with Gasteiger partial charge in [-0.2, -0.15) is 23.5 Å². The van der Waals surface area contributed by atoms with E-state index in [2.05, 4.69) is 36.9 Å². The van der Waals surface area contributed by atoms with Crippen molar-refractivity contribution in [2.24, 2.45) is 22.4 Å². The number of nitrogens with one attached hydrogen (secondary N) is 6.